The van der Waals surface area contributed by atoms with E-state index in [4.69, 9.17) is 9.02 Å². The summed E-state index contributed by atoms with van der Waals surface area (Å²) in [4.78, 5) is 2.61. The molecule has 2 aromatic carbocycles. The molecule has 1 N–H and O–H groups in total. The van der Waals surface area contributed by atoms with Crippen LogP contribution in [0.1, 0.15) is 31.7 Å². The van der Waals surface area contributed by atoms with Crippen LogP contribution in [0.25, 0.3) is 0 Å². The fraction of sp³-hybridized carbons (Fsp3) is 0.429. The zero-order valence-electron chi connectivity index (χ0n) is 16.4. The van der Waals surface area contributed by atoms with Crippen LogP contribution in [-0.4, -0.2) is 39.1 Å². The molecule has 1 atom stereocenters. The Morgan fingerprint density at radius 2 is 1.82 bits per heavy atom. The average molecular weight is 405 g/mol. The van der Waals surface area contributed by atoms with E-state index in [1.54, 1.807) is 36.4 Å². The minimum absolute atomic E-state index is 0.109. The third-order valence-electron chi connectivity index (χ3n) is 4.98. The van der Waals surface area contributed by atoms with Gasteiger partial charge in [0.05, 0.1) is 17.2 Å². The molecule has 3 rings (SSSR count). The SMILES string of the molecule is Cc1ccc(S(=O)(=O)ONc2ccc(OCCCN3CCC[C@H]3C)cc2)cc1. The molecular weight excluding hydrogens is 376 g/mol. The molecule has 1 fully saturated rings. The van der Waals surface area contributed by atoms with Gasteiger partial charge in [-0.1, -0.05) is 17.7 Å². The predicted octanol–water partition coefficient (Wildman–Crippen LogP) is 3.98. The highest BCUT2D eigenvalue weighted by Crippen LogP contribution is 2.19. The van der Waals surface area contributed by atoms with E-state index < -0.39 is 10.1 Å². The van der Waals surface area contributed by atoms with Gasteiger partial charge in [0.2, 0.25) is 0 Å². The van der Waals surface area contributed by atoms with E-state index in [2.05, 4.69) is 17.3 Å². The number of hydrogen-bond donors (Lipinski definition) is 1. The van der Waals surface area contributed by atoms with E-state index in [9.17, 15) is 8.42 Å². The molecular formula is C21H28N2O4S. The zero-order valence-corrected chi connectivity index (χ0v) is 17.2. The van der Waals surface area contributed by atoms with Crippen molar-refractivity contribution in [2.24, 2.45) is 0 Å². The van der Waals surface area contributed by atoms with Gasteiger partial charge in [-0.05, 0) is 76.1 Å². The molecule has 0 unspecified atom stereocenters. The van der Waals surface area contributed by atoms with Crippen LogP contribution in [0.4, 0.5) is 5.69 Å². The standard InChI is InChI=1S/C21H28N2O4S/c1-17-6-12-21(13-7-17)28(24,25)27-22-19-8-10-20(11-9-19)26-16-4-15-23-14-3-5-18(23)2/h6-13,18,22H,3-5,14-16H2,1-2H3/t18-/m1/s1. The Morgan fingerprint density at radius 3 is 2.46 bits per heavy atom. The maximum atomic E-state index is 12.2. The van der Waals surface area contributed by atoms with Crippen LogP contribution in [0.2, 0.25) is 0 Å². The molecule has 0 saturated carbocycles. The number of rotatable bonds is 9. The summed E-state index contributed by atoms with van der Waals surface area (Å²) in [5.41, 5.74) is 4.00. The average Bonchev–Trinajstić information content (AvgIpc) is 3.10. The van der Waals surface area contributed by atoms with Gasteiger partial charge in [-0.2, -0.15) is 8.42 Å². The van der Waals surface area contributed by atoms with E-state index in [0.29, 0.717) is 18.3 Å². The van der Waals surface area contributed by atoms with E-state index in [1.165, 1.54) is 31.5 Å². The van der Waals surface area contributed by atoms with E-state index in [1.807, 2.05) is 6.92 Å². The number of aryl methyl sites for hydroxylation is 1. The molecule has 0 amide bonds. The highest BCUT2D eigenvalue weighted by atomic mass is 32.2. The molecule has 2 aromatic rings. The van der Waals surface area contributed by atoms with Gasteiger partial charge in [0.25, 0.3) is 0 Å². The second-order valence-corrected chi connectivity index (χ2v) is 8.75. The van der Waals surface area contributed by atoms with Gasteiger partial charge in [0.15, 0.2) is 0 Å². The number of benzene rings is 2. The molecule has 1 aliphatic heterocycles. The van der Waals surface area contributed by atoms with Crippen molar-refractivity contribution >= 4 is 15.8 Å². The monoisotopic (exact) mass is 404 g/mol. The number of likely N-dealkylation sites (tertiary alicyclic amines) is 1. The van der Waals surface area contributed by atoms with Crippen molar-refractivity contribution in [1.82, 2.24) is 4.90 Å². The molecule has 0 radical (unpaired) electrons. The number of nitrogens with one attached hydrogen (secondary N) is 1. The summed E-state index contributed by atoms with van der Waals surface area (Å²) >= 11 is 0. The van der Waals surface area contributed by atoms with Gasteiger partial charge in [0, 0.05) is 12.6 Å². The van der Waals surface area contributed by atoms with Gasteiger partial charge in [-0.25, -0.2) is 5.48 Å². The molecule has 0 aromatic heterocycles. The number of ether oxygens (including phenoxy) is 1. The van der Waals surface area contributed by atoms with Crippen molar-refractivity contribution in [3.05, 3.63) is 54.1 Å². The van der Waals surface area contributed by atoms with Crippen molar-refractivity contribution in [3.8, 4) is 5.75 Å². The van der Waals surface area contributed by atoms with Crippen LogP contribution in [0, 0.1) is 6.92 Å². The van der Waals surface area contributed by atoms with E-state index in [0.717, 1.165) is 24.3 Å². The van der Waals surface area contributed by atoms with Gasteiger partial charge in [-0.15, -0.1) is 4.28 Å². The number of anilines is 1. The largest absolute Gasteiger partial charge is 0.494 e. The van der Waals surface area contributed by atoms with Crippen LogP contribution in [-0.2, 0) is 14.4 Å². The van der Waals surface area contributed by atoms with Crippen molar-refractivity contribution in [1.29, 1.82) is 0 Å². The zero-order chi connectivity index (χ0) is 20.0. The highest BCUT2D eigenvalue weighted by Gasteiger charge is 2.19. The van der Waals surface area contributed by atoms with Gasteiger partial charge in [-0.3, -0.25) is 0 Å². The van der Waals surface area contributed by atoms with E-state index in [-0.39, 0.29) is 4.90 Å². The molecule has 0 bridgehead atoms. The first-order chi connectivity index (χ1) is 13.4. The Kier molecular flexibility index (Phi) is 6.93. The molecule has 1 saturated heterocycles. The fourth-order valence-electron chi connectivity index (χ4n) is 3.26. The van der Waals surface area contributed by atoms with Gasteiger partial charge < -0.3 is 9.64 Å². The van der Waals surface area contributed by atoms with Crippen LogP contribution >= 0.6 is 0 Å². The van der Waals surface area contributed by atoms with E-state index >= 15 is 0 Å². The normalized spacial score (nSPS) is 17.6. The molecule has 0 spiro atoms. The smallest absolute Gasteiger partial charge is 0.317 e. The van der Waals surface area contributed by atoms with Crippen molar-refractivity contribution in [3.63, 3.8) is 0 Å². The predicted molar refractivity (Wildman–Crippen MR) is 110 cm³/mol. The summed E-state index contributed by atoms with van der Waals surface area (Å²) < 4.78 is 35.0. The molecule has 1 aliphatic rings. The third kappa shape index (κ3) is 5.70. The topological polar surface area (TPSA) is 67.9 Å². The van der Waals surface area contributed by atoms with Crippen LogP contribution in [0.15, 0.2) is 53.4 Å². The first-order valence-corrected chi connectivity index (χ1v) is 11.1. The lowest BCUT2D eigenvalue weighted by Crippen LogP contribution is -2.28. The Hall–Kier alpha value is -2.09. The summed E-state index contributed by atoms with van der Waals surface area (Å²) in [5, 5.41) is 0. The molecule has 28 heavy (non-hydrogen) atoms. The van der Waals surface area contributed by atoms with Crippen molar-refractivity contribution in [2.75, 3.05) is 25.2 Å². The first-order valence-electron chi connectivity index (χ1n) is 9.67. The van der Waals surface area contributed by atoms with Gasteiger partial charge in [0.1, 0.15) is 5.75 Å². The Balaban J connectivity index is 1.43. The quantitative estimate of drug-likeness (QED) is 0.504. The molecule has 1 heterocycles. The minimum atomic E-state index is -3.86. The van der Waals surface area contributed by atoms with Crippen molar-refractivity contribution in [2.45, 2.75) is 44.0 Å². The lowest BCUT2D eigenvalue weighted by Gasteiger charge is -2.20. The summed E-state index contributed by atoms with van der Waals surface area (Å²) in [6.45, 7) is 7.08. The lowest BCUT2D eigenvalue weighted by molar-refractivity contribution is 0.230. The summed E-state index contributed by atoms with van der Waals surface area (Å²) in [7, 11) is -3.86. The summed E-state index contributed by atoms with van der Waals surface area (Å²) in [6.07, 6.45) is 3.57. The van der Waals surface area contributed by atoms with Gasteiger partial charge >= 0.3 is 10.1 Å². The lowest BCUT2D eigenvalue weighted by atomic mass is 10.2. The highest BCUT2D eigenvalue weighted by molar-refractivity contribution is 7.86. The second-order valence-electron chi connectivity index (χ2n) is 7.21. The maximum Gasteiger partial charge on any atom is 0.317 e. The number of hydrogen-bond acceptors (Lipinski definition) is 6. The summed E-state index contributed by atoms with van der Waals surface area (Å²) in [5.74, 6) is 0.751. The Morgan fingerprint density at radius 1 is 1.11 bits per heavy atom. The minimum Gasteiger partial charge on any atom is -0.494 e. The van der Waals surface area contributed by atoms with Crippen LogP contribution in [0.3, 0.4) is 0 Å². The summed E-state index contributed by atoms with van der Waals surface area (Å²) in [6, 6.07) is 14.2. The second kappa shape index (κ2) is 9.41. The number of nitrogens with zero attached hydrogens (tertiary/aromatic N) is 1. The molecule has 0 aliphatic carbocycles. The molecule has 152 valence electrons. The van der Waals surface area contributed by atoms with Crippen LogP contribution < -0.4 is 10.2 Å². The van der Waals surface area contributed by atoms with Crippen LogP contribution in [0.5, 0.6) is 5.75 Å². The molecule has 7 heteroatoms. The maximum absolute atomic E-state index is 12.2. The molecule has 6 nitrogen and oxygen atoms in total. The van der Waals surface area contributed by atoms with Crippen molar-refractivity contribution < 1.29 is 17.4 Å². The Bertz CT molecular complexity index is 851. The Labute approximate surface area is 167 Å². The first kappa shape index (κ1) is 20.6. The fourth-order valence-corrected chi connectivity index (χ4v) is 4.03. The third-order valence-corrected chi connectivity index (χ3v) is 6.13.